The lowest BCUT2D eigenvalue weighted by atomic mass is 10.1. The van der Waals surface area contributed by atoms with Gasteiger partial charge in [0.05, 0.1) is 92.1 Å². The van der Waals surface area contributed by atoms with Crippen LogP contribution in [0.25, 0.3) is 55.0 Å². The summed E-state index contributed by atoms with van der Waals surface area (Å²) in [6, 6.07) is 8.91. The number of ether oxygens (including phenoxy) is 3. The van der Waals surface area contributed by atoms with E-state index in [0.29, 0.717) is 58.9 Å². The topological polar surface area (TPSA) is 467 Å². The van der Waals surface area contributed by atoms with Gasteiger partial charge >= 0.3 is 41.8 Å². The number of carbonyl (C=O) groups excluding carboxylic acids is 3. The number of thiazole rings is 2. The number of esters is 3. The first-order chi connectivity index (χ1) is 53.0. The smallest absolute Gasteiger partial charge is 0.354 e. The zero-order valence-electron chi connectivity index (χ0n) is 61.0. The molecule has 0 amide bonds. The van der Waals surface area contributed by atoms with Crippen molar-refractivity contribution >= 4 is 141 Å². The molecule has 592 valence electrons. The Hall–Kier alpha value is -12.3. The third-order valence-corrected chi connectivity index (χ3v) is 17.6. The molecule has 14 aromatic heterocycles. The van der Waals surface area contributed by atoms with Crippen LogP contribution in [0.2, 0.25) is 0 Å². The number of nitrogens with two attached hydrogens (primary N) is 1. The number of alkyl halides is 1. The van der Waals surface area contributed by atoms with Gasteiger partial charge in [-0.1, -0.05) is 0 Å². The molecule has 0 aliphatic heterocycles. The highest BCUT2D eigenvalue weighted by Gasteiger charge is 2.26. The molecule has 0 aromatic carbocycles. The molecule has 0 saturated carbocycles. The largest absolute Gasteiger partial charge is 0.478 e. The van der Waals surface area contributed by atoms with Gasteiger partial charge in [-0.2, -0.15) is 20.3 Å². The fraction of sp³-hybridized carbons (Fsp3) is 0.239. The van der Waals surface area contributed by atoms with E-state index in [0.717, 1.165) is 55.5 Å². The van der Waals surface area contributed by atoms with Crippen molar-refractivity contribution in [2.75, 3.05) is 20.0 Å². The highest BCUT2D eigenvalue weighted by molar-refractivity contribution is 9.10. The molecule has 0 radical (unpaired) electrons. The van der Waals surface area contributed by atoms with Crippen molar-refractivity contribution in [3.05, 3.63) is 189 Å². The quantitative estimate of drug-likeness (QED) is 0.0431. The van der Waals surface area contributed by atoms with Crippen molar-refractivity contribution in [2.24, 2.45) is 21.1 Å². The van der Waals surface area contributed by atoms with E-state index in [1.165, 1.54) is 110 Å². The Bertz CT molecular complexity index is 5830. The van der Waals surface area contributed by atoms with Crippen molar-refractivity contribution in [2.45, 2.75) is 73.6 Å². The number of rotatable bonds is 12. The number of anilines is 1. The number of carboxylic acid groups (broad SMARTS) is 4. The van der Waals surface area contributed by atoms with Crippen molar-refractivity contribution in [1.82, 2.24) is 103 Å². The molecular formula is C67H62Br3F5N22O14S2. The maximum Gasteiger partial charge on any atom is 0.354 e. The second kappa shape index (κ2) is 36.7. The van der Waals surface area contributed by atoms with Gasteiger partial charge in [-0.15, -0.1) is 43.1 Å². The molecule has 0 spiro atoms. The second-order valence-corrected chi connectivity index (χ2v) is 28.4. The van der Waals surface area contributed by atoms with Gasteiger partial charge in [-0.3, -0.25) is 23.8 Å². The molecule has 14 heterocycles. The lowest BCUT2D eigenvalue weighted by Gasteiger charge is -2.19. The zero-order chi connectivity index (χ0) is 83.5. The van der Waals surface area contributed by atoms with Gasteiger partial charge < -0.3 is 40.4 Å². The molecule has 14 aromatic rings. The van der Waals surface area contributed by atoms with Gasteiger partial charge in [0, 0.05) is 66.6 Å². The summed E-state index contributed by atoms with van der Waals surface area (Å²) in [4.78, 5) is 107. The Labute approximate surface area is 666 Å². The van der Waals surface area contributed by atoms with E-state index >= 15 is 0 Å². The van der Waals surface area contributed by atoms with Gasteiger partial charge in [0.15, 0.2) is 57.1 Å². The van der Waals surface area contributed by atoms with Crippen LogP contribution in [0.1, 0.15) is 129 Å². The number of methoxy groups -OCH3 is 2. The summed E-state index contributed by atoms with van der Waals surface area (Å²) in [6.45, 7) is 14.2. The number of aromatic nitrogens is 21. The molecule has 1 unspecified atom stereocenters. The van der Waals surface area contributed by atoms with Gasteiger partial charge in [0.25, 0.3) is 0 Å². The van der Waals surface area contributed by atoms with Crippen molar-refractivity contribution < 1.29 is 90.2 Å². The molecule has 36 nitrogen and oxygen atoms in total. The highest BCUT2D eigenvalue weighted by atomic mass is 79.9. The van der Waals surface area contributed by atoms with Crippen LogP contribution in [0.5, 0.6) is 0 Å². The number of carbonyl (C=O) groups is 7. The van der Waals surface area contributed by atoms with Crippen molar-refractivity contribution in [3.63, 3.8) is 0 Å². The van der Waals surface area contributed by atoms with Crippen LogP contribution < -0.4 is 5.73 Å². The average Bonchev–Trinajstić information content (AvgIpc) is 1.59. The predicted molar refractivity (Wildman–Crippen MR) is 403 cm³/mol. The third-order valence-electron chi connectivity index (χ3n) is 14.6. The Morgan fingerprint density at radius 3 is 1.36 bits per heavy atom. The molecule has 46 heteroatoms. The number of hydrogen-bond acceptors (Lipinski definition) is 27. The van der Waals surface area contributed by atoms with Gasteiger partial charge in [-0.05, 0) is 127 Å². The zero-order valence-corrected chi connectivity index (χ0v) is 67.4. The molecule has 6 N–H and O–H groups in total. The van der Waals surface area contributed by atoms with Crippen LogP contribution in [0, 0.1) is 51.0 Å². The van der Waals surface area contributed by atoms with Crippen LogP contribution in [0.15, 0.2) is 99.4 Å². The Morgan fingerprint density at radius 2 is 0.947 bits per heavy atom. The first-order valence-electron chi connectivity index (χ1n) is 31.9. The minimum absolute atomic E-state index is 0.0106. The number of aromatic carboxylic acids is 4. The Morgan fingerprint density at radius 1 is 0.531 bits per heavy atom. The SMILES string of the molecule is CC(C)(C)OC(=O)Cc1cc2nc(Br)nn2cc1F.COC(=O)c1cc2nc(Br)nn2cc1F.COC(=O)c1cc2nc(N)nn2cc1F.Cc1cc(C)nc(-c2cnn(C)c2C(=O)O)c1.Cc1csc(-c2cnn(C)c2C(=O)O)n1.Cc1sc(-c2cnn(C)c2C(=O)O)nc1C(C)F.O=C(O)c1cc2nc(Br)nn2cc1F. The summed E-state index contributed by atoms with van der Waals surface area (Å²) in [5.74, 6) is -9.17. The fourth-order valence-electron chi connectivity index (χ4n) is 9.88. The normalized spacial score (nSPS) is 11.1. The number of halogens is 8. The molecule has 1 atom stereocenters. The van der Waals surface area contributed by atoms with E-state index in [1.807, 2.05) is 38.3 Å². The summed E-state index contributed by atoms with van der Waals surface area (Å²) >= 11 is 11.8. The molecule has 0 saturated heterocycles. The summed E-state index contributed by atoms with van der Waals surface area (Å²) in [6.07, 6.45) is 7.44. The van der Waals surface area contributed by atoms with Crippen LogP contribution >= 0.6 is 70.5 Å². The molecule has 0 aliphatic carbocycles. The monoisotopic (exact) mass is 1790 g/mol. The first kappa shape index (κ1) is 86.3. The van der Waals surface area contributed by atoms with Crippen molar-refractivity contribution in [3.8, 4) is 32.4 Å². The van der Waals surface area contributed by atoms with Gasteiger partial charge in [0.2, 0.25) is 20.1 Å². The first-order valence-corrected chi connectivity index (χ1v) is 35.9. The van der Waals surface area contributed by atoms with Gasteiger partial charge in [-0.25, -0.2) is 93.7 Å². The van der Waals surface area contributed by atoms with Crippen LogP contribution in [0.3, 0.4) is 0 Å². The van der Waals surface area contributed by atoms with Crippen molar-refractivity contribution in [1.29, 1.82) is 0 Å². The fourth-order valence-corrected chi connectivity index (χ4v) is 12.8. The average molecular weight is 1800 g/mol. The second-order valence-electron chi connectivity index (χ2n) is 24.2. The van der Waals surface area contributed by atoms with E-state index in [9.17, 15) is 55.5 Å². The number of pyridine rings is 5. The van der Waals surface area contributed by atoms with E-state index < -0.39 is 82.4 Å². The van der Waals surface area contributed by atoms with Crippen LogP contribution in [0.4, 0.5) is 27.9 Å². The van der Waals surface area contributed by atoms with E-state index in [4.69, 9.17) is 30.9 Å². The Balaban J connectivity index is 0.000000166. The maximum absolute atomic E-state index is 13.8. The number of fused-ring (bicyclic) bond motifs is 4. The van der Waals surface area contributed by atoms with Crippen LogP contribution in [-0.2, 0) is 46.6 Å². The number of hydrogen-bond donors (Lipinski definition) is 5. The Kier molecular flexibility index (Phi) is 28.0. The highest BCUT2D eigenvalue weighted by Crippen LogP contribution is 2.34. The molecule has 0 bridgehead atoms. The maximum atomic E-state index is 13.8. The molecule has 113 heavy (non-hydrogen) atoms. The summed E-state index contributed by atoms with van der Waals surface area (Å²) in [5, 5.41) is 66.0. The van der Waals surface area contributed by atoms with E-state index in [-0.39, 0.29) is 62.2 Å². The molecule has 14 rings (SSSR count). The minimum Gasteiger partial charge on any atom is -0.478 e. The minimum atomic E-state index is -1.33. The number of aryl methyl sites for hydroxylation is 7. The lowest BCUT2D eigenvalue weighted by Crippen LogP contribution is -2.25. The van der Waals surface area contributed by atoms with Gasteiger partial charge in [0.1, 0.15) is 44.3 Å². The predicted octanol–water partition coefficient (Wildman–Crippen LogP) is 11.4. The number of nitrogens with zero attached hydrogens (tertiary/aromatic N) is 21. The van der Waals surface area contributed by atoms with E-state index in [2.05, 4.69) is 128 Å². The standard InChI is InChI=1S/C12H13BrFN3O2.C12H13N3O2.C11H12FN3O2S.C9H9N3O2S.C8H5BrFN3O2.C8H7FN4O2.C7H3BrFN3O2/c1-12(2,3)19-10(18)5-7-4-9-15-11(13)16-17(9)6-8(7)14;1-7-4-8(2)14-10(5-7)9-6-13-15(3)11(9)12(16)17;1-5(12)8-6(2)18-10(14-8)7-4-13-15(3)9(7)11(16)17;1-5-4-15-8(11-5)6-3-10-12(2)7(6)9(13)14;1-15-7(14)4-2-6-11-8(9)12-13(6)3-5(4)10;1-15-7(14)4-2-6-11-8(10)12-13(6)3-5(4)9;8-7-10-5-1-3(6(13)14)4(9)2-12(5)11-7/h4,6H,5H2,1-3H3;4-6H,1-3H3,(H,16,17);4-5H,1-3H3,(H,16,17);3-4H,1-2H3,(H,13,14);2-3H,1H3;2-3H,1H3,(H2,10,12);1-2H,(H,13,14). The summed E-state index contributed by atoms with van der Waals surface area (Å²) in [7, 11) is 7.12. The number of carboxylic acids is 4. The van der Waals surface area contributed by atoms with Crippen LogP contribution in [-0.4, -0.2) is 185 Å². The summed E-state index contributed by atoms with van der Waals surface area (Å²) in [5.41, 5.74) is 11.3. The van der Waals surface area contributed by atoms with E-state index in [1.54, 1.807) is 48.8 Å². The number of nitrogen functional groups attached to an aromatic ring is 1. The lowest BCUT2D eigenvalue weighted by molar-refractivity contribution is -0.154. The third kappa shape index (κ3) is 21.8. The molecule has 0 fully saturated rings. The molecule has 0 aliphatic rings. The summed E-state index contributed by atoms with van der Waals surface area (Å²) < 4.78 is 90.6. The molecular weight excluding hydrogens is 1740 g/mol.